The lowest BCUT2D eigenvalue weighted by atomic mass is 10.2. The van der Waals surface area contributed by atoms with Crippen molar-refractivity contribution < 1.29 is 9.53 Å². The van der Waals surface area contributed by atoms with E-state index in [1.54, 1.807) is 6.07 Å². The fourth-order valence-electron chi connectivity index (χ4n) is 2.11. The van der Waals surface area contributed by atoms with Crippen molar-refractivity contribution in [1.29, 1.82) is 0 Å². The lowest BCUT2D eigenvalue weighted by Gasteiger charge is -2.26. The van der Waals surface area contributed by atoms with Crippen molar-refractivity contribution in [3.8, 4) is 5.75 Å². The van der Waals surface area contributed by atoms with E-state index >= 15 is 0 Å². The molecule has 3 rings (SSSR count). The number of aryl methyl sites for hydroxylation is 1. The summed E-state index contributed by atoms with van der Waals surface area (Å²) in [5.41, 5.74) is 2.30. The number of nitrogens with one attached hydrogen (secondary N) is 2. The first kappa shape index (κ1) is 13.7. The van der Waals surface area contributed by atoms with Crippen LogP contribution in [0.1, 0.15) is 5.56 Å². The lowest BCUT2D eigenvalue weighted by Crippen LogP contribution is -2.41. The van der Waals surface area contributed by atoms with Gasteiger partial charge in [0, 0.05) is 0 Å². The van der Waals surface area contributed by atoms with E-state index in [9.17, 15) is 4.79 Å². The normalized spacial score (nSPS) is 16.4. The van der Waals surface area contributed by atoms with Crippen LogP contribution in [0.3, 0.4) is 0 Å². The molecule has 1 aromatic heterocycles. The molecule has 1 aromatic carbocycles. The smallest absolute Gasteiger partial charge is 0.267 e. The van der Waals surface area contributed by atoms with Gasteiger partial charge in [0.15, 0.2) is 6.10 Å². The Labute approximate surface area is 127 Å². The minimum atomic E-state index is -0.587. The number of fused-ring (bicyclic) bond motifs is 1. The molecule has 1 aliphatic rings. The van der Waals surface area contributed by atoms with E-state index in [0.717, 1.165) is 11.3 Å². The van der Waals surface area contributed by atoms with Crippen molar-refractivity contribution >= 4 is 28.9 Å². The molecule has 5 nitrogen and oxygen atoms in total. The zero-order chi connectivity index (χ0) is 14.8. The number of amides is 1. The number of anilines is 2. The second-order valence-electron chi connectivity index (χ2n) is 4.80. The van der Waals surface area contributed by atoms with Crippen LogP contribution >= 0.6 is 11.6 Å². The van der Waals surface area contributed by atoms with Crippen LogP contribution in [-0.2, 0) is 4.79 Å². The Morgan fingerprint density at radius 1 is 1.48 bits per heavy atom. The minimum Gasteiger partial charge on any atom is -0.477 e. The Morgan fingerprint density at radius 3 is 3.10 bits per heavy atom. The predicted molar refractivity (Wildman–Crippen MR) is 82.0 cm³/mol. The van der Waals surface area contributed by atoms with Gasteiger partial charge in [-0.1, -0.05) is 23.7 Å². The van der Waals surface area contributed by atoms with Crippen molar-refractivity contribution in [3.05, 3.63) is 47.2 Å². The van der Waals surface area contributed by atoms with Crippen molar-refractivity contribution in [2.45, 2.75) is 13.0 Å². The molecule has 0 fully saturated rings. The zero-order valence-electron chi connectivity index (χ0n) is 11.4. The molecule has 0 spiro atoms. The Balaban J connectivity index is 1.70. The molecule has 1 unspecified atom stereocenters. The molecule has 21 heavy (non-hydrogen) atoms. The lowest BCUT2D eigenvalue weighted by molar-refractivity contribution is -0.122. The molecule has 0 saturated carbocycles. The van der Waals surface area contributed by atoms with Crippen LogP contribution in [-0.4, -0.2) is 23.5 Å². The van der Waals surface area contributed by atoms with E-state index in [4.69, 9.17) is 16.3 Å². The first-order valence-corrected chi connectivity index (χ1v) is 6.94. The molecule has 2 N–H and O–H groups in total. The van der Waals surface area contributed by atoms with Gasteiger partial charge < -0.3 is 15.4 Å². The second kappa shape index (κ2) is 5.61. The number of para-hydroxylation sites is 2. The Kier molecular flexibility index (Phi) is 3.66. The SMILES string of the molecule is Cc1cc(NC(=O)C2CNc3ccccc3O2)cnc1Cl. The maximum Gasteiger partial charge on any atom is 0.267 e. The quantitative estimate of drug-likeness (QED) is 0.837. The van der Waals surface area contributed by atoms with E-state index < -0.39 is 6.10 Å². The number of pyridine rings is 1. The summed E-state index contributed by atoms with van der Waals surface area (Å²) in [4.78, 5) is 16.2. The van der Waals surface area contributed by atoms with E-state index in [-0.39, 0.29) is 5.91 Å². The molecule has 1 aliphatic heterocycles. The van der Waals surface area contributed by atoms with Gasteiger partial charge in [0.2, 0.25) is 0 Å². The van der Waals surface area contributed by atoms with E-state index in [1.807, 2.05) is 31.2 Å². The molecule has 6 heteroatoms. The number of rotatable bonds is 2. The monoisotopic (exact) mass is 303 g/mol. The highest BCUT2D eigenvalue weighted by Gasteiger charge is 2.25. The number of benzene rings is 1. The van der Waals surface area contributed by atoms with Gasteiger partial charge in [-0.15, -0.1) is 0 Å². The first-order chi connectivity index (χ1) is 10.1. The maximum atomic E-state index is 12.2. The van der Waals surface area contributed by atoms with Crippen LogP contribution in [0, 0.1) is 6.92 Å². The van der Waals surface area contributed by atoms with Gasteiger partial charge in [-0.3, -0.25) is 4.79 Å². The molecule has 0 aliphatic carbocycles. The van der Waals surface area contributed by atoms with E-state index in [0.29, 0.717) is 23.1 Å². The number of nitrogens with zero attached hydrogens (tertiary/aromatic N) is 1. The highest BCUT2D eigenvalue weighted by molar-refractivity contribution is 6.30. The Bertz CT molecular complexity index is 690. The number of aromatic nitrogens is 1. The summed E-state index contributed by atoms with van der Waals surface area (Å²) in [5, 5.41) is 6.39. The van der Waals surface area contributed by atoms with Crippen LogP contribution < -0.4 is 15.4 Å². The average molecular weight is 304 g/mol. The highest BCUT2D eigenvalue weighted by atomic mass is 35.5. The molecular formula is C15H14ClN3O2. The van der Waals surface area contributed by atoms with Crippen LogP contribution in [0.5, 0.6) is 5.75 Å². The molecular weight excluding hydrogens is 290 g/mol. The van der Waals surface area contributed by atoms with Crippen molar-refractivity contribution in [2.24, 2.45) is 0 Å². The number of halogens is 1. The zero-order valence-corrected chi connectivity index (χ0v) is 12.1. The highest BCUT2D eigenvalue weighted by Crippen LogP contribution is 2.28. The summed E-state index contributed by atoms with van der Waals surface area (Å²) in [7, 11) is 0. The third-order valence-electron chi connectivity index (χ3n) is 3.21. The molecule has 1 atom stereocenters. The van der Waals surface area contributed by atoms with Crippen molar-refractivity contribution in [1.82, 2.24) is 4.98 Å². The number of carbonyl (C=O) groups excluding carboxylic acids is 1. The van der Waals surface area contributed by atoms with Crippen LogP contribution in [0.25, 0.3) is 0 Å². The summed E-state index contributed by atoms with van der Waals surface area (Å²) < 4.78 is 5.70. The first-order valence-electron chi connectivity index (χ1n) is 6.56. The minimum absolute atomic E-state index is 0.222. The van der Waals surface area contributed by atoms with Gasteiger partial charge in [-0.25, -0.2) is 4.98 Å². The summed E-state index contributed by atoms with van der Waals surface area (Å²) in [6, 6.07) is 9.30. The second-order valence-corrected chi connectivity index (χ2v) is 5.16. The van der Waals surface area contributed by atoms with Gasteiger partial charge in [0.25, 0.3) is 5.91 Å². The summed E-state index contributed by atoms with van der Waals surface area (Å²) in [6.45, 7) is 2.25. The van der Waals surface area contributed by atoms with Crippen LogP contribution in [0.2, 0.25) is 5.15 Å². The number of hydrogen-bond donors (Lipinski definition) is 2. The molecule has 2 aromatic rings. The van der Waals surface area contributed by atoms with E-state index in [2.05, 4.69) is 15.6 Å². The van der Waals surface area contributed by atoms with Gasteiger partial charge in [0.05, 0.1) is 24.1 Å². The van der Waals surface area contributed by atoms with Gasteiger partial charge in [-0.2, -0.15) is 0 Å². The van der Waals surface area contributed by atoms with Crippen molar-refractivity contribution in [3.63, 3.8) is 0 Å². The Morgan fingerprint density at radius 2 is 2.29 bits per heavy atom. The molecule has 0 saturated heterocycles. The summed E-state index contributed by atoms with van der Waals surface area (Å²) >= 11 is 5.86. The molecule has 0 bridgehead atoms. The standard InChI is InChI=1S/C15H14ClN3O2/c1-9-6-10(7-18-14(9)16)19-15(20)13-8-17-11-4-2-3-5-12(11)21-13/h2-7,13,17H,8H2,1H3,(H,19,20). The van der Waals surface area contributed by atoms with Crippen molar-refractivity contribution in [2.75, 3.05) is 17.2 Å². The van der Waals surface area contributed by atoms with E-state index in [1.165, 1.54) is 6.20 Å². The largest absolute Gasteiger partial charge is 0.477 e. The number of hydrogen-bond acceptors (Lipinski definition) is 4. The van der Waals surface area contributed by atoms with Crippen LogP contribution in [0.4, 0.5) is 11.4 Å². The third kappa shape index (κ3) is 2.92. The molecule has 1 amide bonds. The molecule has 108 valence electrons. The maximum absolute atomic E-state index is 12.2. The number of carbonyl (C=O) groups is 1. The van der Waals surface area contributed by atoms with Gasteiger partial charge >= 0.3 is 0 Å². The summed E-state index contributed by atoms with van der Waals surface area (Å²) in [6.07, 6.45) is 0.938. The fourth-order valence-corrected chi connectivity index (χ4v) is 2.21. The summed E-state index contributed by atoms with van der Waals surface area (Å²) in [5.74, 6) is 0.454. The van der Waals surface area contributed by atoms with Gasteiger partial charge in [-0.05, 0) is 30.7 Å². The predicted octanol–water partition coefficient (Wildman–Crippen LogP) is 2.86. The third-order valence-corrected chi connectivity index (χ3v) is 3.60. The topological polar surface area (TPSA) is 63.2 Å². The van der Waals surface area contributed by atoms with Gasteiger partial charge in [0.1, 0.15) is 10.9 Å². The fraction of sp³-hybridized carbons (Fsp3) is 0.200. The van der Waals surface area contributed by atoms with Crippen LogP contribution in [0.15, 0.2) is 36.5 Å². The molecule has 0 radical (unpaired) electrons. The Hall–Kier alpha value is -2.27. The average Bonchev–Trinajstić information content (AvgIpc) is 2.50. The number of ether oxygens (including phenoxy) is 1. The molecule has 2 heterocycles.